The van der Waals surface area contributed by atoms with Gasteiger partial charge in [-0.05, 0) is 74.1 Å². The Labute approximate surface area is 222 Å². The predicted molar refractivity (Wildman–Crippen MR) is 147 cm³/mol. The first kappa shape index (κ1) is 25.3. The number of nitrogens with zero attached hydrogens (tertiary/aromatic N) is 3. The van der Waals surface area contributed by atoms with Crippen LogP contribution in [0, 0.1) is 12.8 Å². The Morgan fingerprint density at radius 1 is 1.11 bits per heavy atom. The summed E-state index contributed by atoms with van der Waals surface area (Å²) >= 11 is 6.22. The Bertz CT molecular complexity index is 1340. The molecule has 7 nitrogen and oxygen atoms in total. The number of carbonyl (C=O) groups is 2. The van der Waals surface area contributed by atoms with Crippen LogP contribution in [0.25, 0.3) is 16.7 Å². The number of imidazole rings is 1. The normalized spacial score (nSPS) is 18.7. The summed E-state index contributed by atoms with van der Waals surface area (Å²) in [4.78, 5) is 37.3. The molecular formula is C29H34ClN5O2. The SMILES string of the molecule is C=C(NC(c1nc2ccc(Cl)cc2[nH]1)C1CCCN(C(C)=O)C1)c1ccc(C(=O)N2CCCC2)c(C)c1. The number of aromatic nitrogens is 2. The van der Waals surface area contributed by atoms with Crippen molar-refractivity contribution in [2.24, 2.45) is 5.92 Å². The number of carbonyl (C=O) groups excluding carboxylic acids is 2. The van der Waals surface area contributed by atoms with E-state index in [1.54, 1.807) is 6.92 Å². The molecule has 5 rings (SSSR count). The van der Waals surface area contributed by atoms with Crippen molar-refractivity contribution >= 4 is 40.1 Å². The number of likely N-dealkylation sites (tertiary alicyclic amines) is 2. The van der Waals surface area contributed by atoms with E-state index in [-0.39, 0.29) is 23.8 Å². The lowest BCUT2D eigenvalue weighted by molar-refractivity contribution is -0.130. The minimum Gasteiger partial charge on any atom is -0.375 e. The van der Waals surface area contributed by atoms with Crippen molar-refractivity contribution in [3.8, 4) is 0 Å². The molecule has 2 aliphatic rings. The molecule has 1 aromatic heterocycles. The number of aromatic amines is 1. The molecule has 0 bridgehead atoms. The molecule has 8 heteroatoms. The van der Waals surface area contributed by atoms with Gasteiger partial charge in [-0.3, -0.25) is 9.59 Å². The van der Waals surface area contributed by atoms with Crippen LogP contribution < -0.4 is 5.32 Å². The minimum atomic E-state index is -0.174. The summed E-state index contributed by atoms with van der Waals surface area (Å²) in [5.41, 5.74) is 5.09. The number of piperidine rings is 1. The number of amides is 2. The van der Waals surface area contributed by atoms with Crippen molar-refractivity contribution in [1.29, 1.82) is 0 Å². The van der Waals surface area contributed by atoms with Crippen molar-refractivity contribution in [3.05, 3.63) is 70.5 Å². The number of benzene rings is 2. The molecule has 3 aromatic rings. The van der Waals surface area contributed by atoms with E-state index in [1.807, 2.05) is 53.1 Å². The van der Waals surface area contributed by atoms with E-state index in [4.69, 9.17) is 16.6 Å². The highest BCUT2D eigenvalue weighted by Gasteiger charge is 2.32. The van der Waals surface area contributed by atoms with Crippen LogP contribution in [-0.4, -0.2) is 57.8 Å². The number of fused-ring (bicyclic) bond motifs is 1. The lowest BCUT2D eigenvalue weighted by Gasteiger charge is -2.37. The van der Waals surface area contributed by atoms with Gasteiger partial charge in [0.15, 0.2) is 0 Å². The van der Waals surface area contributed by atoms with Crippen LogP contribution >= 0.6 is 11.6 Å². The summed E-state index contributed by atoms with van der Waals surface area (Å²) in [6.45, 7) is 11.0. The van der Waals surface area contributed by atoms with Gasteiger partial charge >= 0.3 is 0 Å². The molecule has 0 aliphatic carbocycles. The van der Waals surface area contributed by atoms with Gasteiger partial charge in [-0.1, -0.05) is 24.2 Å². The number of hydrogen-bond donors (Lipinski definition) is 2. The van der Waals surface area contributed by atoms with Gasteiger partial charge < -0.3 is 20.1 Å². The maximum absolute atomic E-state index is 12.9. The molecule has 0 spiro atoms. The number of rotatable bonds is 6. The Morgan fingerprint density at radius 2 is 1.86 bits per heavy atom. The second-order valence-corrected chi connectivity index (χ2v) is 10.7. The standard InChI is InChI=1S/C29H34ClN5O2/c1-18-15-21(8-10-24(18)29(37)34-12-4-5-13-34)19(2)31-27(22-7-6-14-35(17-22)20(3)36)28-32-25-11-9-23(30)16-26(25)33-28/h8-11,15-16,22,27,31H,2,4-7,12-14,17H2,1,3H3,(H,32,33). The average molecular weight is 520 g/mol. The fourth-order valence-corrected chi connectivity index (χ4v) is 5.75. The van der Waals surface area contributed by atoms with E-state index in [2.05, 4.69) is 16.9 Å². The van der Waals surface area contributed by atoms with Crippen molar-refractivity contribution in [2.75, 3.05) is 26.2 Å². The van der Waals surface area contributed by atoms with Crippen LogP contribution in [0.2, 0.25) is 5.02 Å². The molecule has 3 heterocycles. The molecular weight excluding hydrogens is 486 g/mol. The lowest BCUT2D eigenvalue weighted by Crippen LogP contribution is -2.43. The van der Waals surface area contributed by atoms with Crippen molar-refractivity contribution in [3.63, 3.8) is 0 Å². The third kappa shape index (κ3) is 5.37. The molecule has 2 unspecified atom stereocenters. The van der Waals surface area contributed by atoms with Gasteiger partial charge in [-0.2, -0.15) is 0 Å². The Balaban J connectivity index is 1.42. The second-order valence-electron chi connectivity index (χ2n) is 10.3. The smallest absolute Gasteiger partial charge is 0.254 e. The highest BCUT2D eigenvalue weighted by Crippen LogP contribution is 2.32. The summed E-state index contributed by atoms with van der Waals surface area (Å²) in [6, 6.07) is 11.3. The number of H-pyrrole nitrogens is 1. The van der Waals surface area contributed by atoms with Crippen LogP contribution in [0.4, 0.5) is 0 Å². The molecule has 194 valence electrons. The highest BCUT2D eigenvalue weighted by atomic mass is 35.5. The molecule has 2 amide bonds. The van der Waals surface area contributed by atoms with Gasteiger partial charge in [0.05, 0.1) is 17.1 Å². The molecule has 2 N–H and O–H groups in total. The number of halogens is 1. The third-order valence-electron chi connectivity index (χ3n) is 7.66. The first-order valence-corrected chi connectivity index (χ1v) is 13.4. The average Bonchev–Trinajstić information content (AvgIpc) is 3.57. The summed E-state index contributed by atoms with van der Waals surface area (Å²) in [6.07, 6.45) is 4.05. The molecule has 2 saturated heterocycles. The fourth-order valence-electron chi connectivity index (χ4n) is 5.58. The molecule has 0 radical (unpaired) electrons. The van der Waals surface area contributed by atoms with Gasteiger partial charge in [-0.15, -0.1) is 0 Å². The van der Waals surface area contributed by atoms with E-state index >= 15 is 0 Å². The van der Waals surface area contributed by atoms with E-state index in [0.29, 0.717) is 11.6 Å². The predicted octanol–water partition coefficient (Wildman–Crippen LogP) is 5.32. The zero-order chi connectivity index (χ0) is 26.1. The molecule has 37 heavy (non-hydrogen) atoms. The first-order valence-electron chi connectivity index (χ1n) is 13.1. The van der Waals surface area contributed by atoms with E-state index < -0.39 is 0 Å². The second kappa shape index (κ2) is 10.6. The van der Waals surface area contributed by atoms with Crippen molar-refractivity contribution in [1.82, 2.24) is 25.1 Å². The fraction of sp³-hybridized carbons (Fsp3) is 0.414. The van der Waals surface area contributed by atoms with Gasteiger partial charge in [0.25, 0.3) is 5.91 Å². The van der Waals surface area contributed by atoms with Gasteiger partial charge in [0, 0.05) is 55.3 Å². The summed E-state index contributed by atoms with van der Waals surface area (Å²) in [7, 11) is 0. The van der Waals surface area contributed by atoms with E-state index in [9.17, 15) is 9.59 Å². The van der Waals surface area contributed by atoms with Gasteiger partial charge in [0.2, 0.25) is 5.91 Å². The summed E-state index contributed by atoms with van der Waals surface area (Å²) in [5, 5.41) is 4.28. The Kier molecular flexibility index (Phi) is 7.24. The first-order chi connectivity index (χ1) is 17.8. The maximum atomic E-state index is 12.9. The largest absolute Gasteiger partial charge is 0.375 e. The topological polar surface area (TPSA) is 81.3 Å². The third-order valence-corrected chi connectivity index (χ3v) is 7.89. The molecule has 2 atom stereocenters. The zero-order valence-corrected chi connectivity index (χ0v) is 22.3. The number of aryl methyl sites for hydroxylation is 1. The molecule has 0 saturated carbocycles. The molecule has 2 aromatic carbocycles. The quantitative estimate of drug-likeness (QED) is 0.462. The van der Waals surface area contributed by atoms with Crippen molar-refractivity contribution in [2.45, 2.75) is 45.6 Å². The number of nitrogens with one attached hydrogen (secondary N) is 2. The maximum Gasteiger partial charge on any atom is 0.254 e. The van der Waals surface area contributed by atoms with Crippen LogP contribution in [0.3, 0.4) is 0 Å². The van der Waals surface area contributed by atoms with Gasteiger partial charge in [0.1, 0.15) is 5.82 Å². The highest BCUT2D eigenvalue weighted by molar-refractivity contribution is 6.31. The van der Waals surface area contributed by atoms with Crippen LogP contribution in [-0.2, 0) is 4.79 Å². The van der Waals surface area contributed by atoms with Gasteiger partial charge in [-0.25, -0.2) is 4.98 Å². The monoisotopic (exact) mass is 519 g/mol. The van der Waals surface area contributed by atoms with Crippen molar-refractivity contribution < 1.29 is 9.59 Å². The van der Waals surface area contributed by atoms with Crippen LogP contribution in [0.15, 0.2) is 43.0 Å². The van der Waals surface area contributed by atoms with E-state index in [0.717, 1.165) is 84.6 Å². The van der Waals surface area contributed by atoms with Crippen LogP contribution in [0.1, 0.15) is 66.0 Å². The minimum absolute atomic E-state index is 0.0903. The zero-order valence-electron chi connectivity index (χ0n) is 21.5. The molecule has 2 aliphatic heterocycles. The Morgan fingerprint density at radius 3 is 2.59 bits per heavy atom. The van der Waals surface area contributed by atoms with E-state index in [1.165, 1.54) is 0 Å². The Hall–Kier alpha value is -3.32. The number of hydrogen-bond acceptors (Lipinski definition) is 4. The molecule has 2 fully saturated rings. The lowest BCUT2D eigenvalue weighted by atomic mass is 9.89. The summed E-state index contributed by atoms with van der Waals surface area (Å²) < 4.78 is 0. The summed E-state index contributed by atoms with van der Waals surface area (Å²) in [5.74, 6) is 1.15. The van der Waals surface area contributed by atoms with Crippen LogP contribution in [0.5, 0.6) is 0 Å².